The van der Waals surface area contributed by atoms with Gasteiger partial charge in [0.15, 0.2) is 0 Å². The molecule has 0 aliphatic rings. The Bertz CT molecular complexity index is 824. The molecule has 0 unspecified atom stereocenters. The lowest BCUT2D eigenvalue weighted by atomic mass is 10.1. The Morgan fingerprint density at radius 2 is 1.72 bits per heavy atom. The summed E-state index contributed by atoms with van der Waals surface area (Å²) in [4.78, 5) is 57.5. The van der Waals surface area contributed by atoms with Gasteiger partial charge < -0.3 is 37.2 Å². The van der Waals surface area contributed by atoms with Crippen molar-refractivity contribution in [1.82, 2.24) is 16.0 Å². The van der Waals surface area contributed by atoms with Crippen molar-refractivity contribution >= 4 is 58.8 Å². The second kappa shape index (κ2) is 14.1. The van der Waals surface area contributed by atoms with Gasteiger partial charge in [-0.2, -0.15) is 0 Å². The van der Waals surface area contributed by atoms with Crippen molar-refractivity contribution in [3.05, 3.63) is 29.3 Å². The van der Waals surface area contributed by atoms with E-state index in [0.29, 0.717) is 10.7 Å². The van der Waals surface area contributed by atoms with Gasteiger partial charge in [0.05, 0.1) is 5.88 Å². The molecule has 0 heterocycles. The number of nitrogens with one attached hydrogen (secondary N) is 4. The number of hydrogen-bond donors (Lipinski definition) is 7. The van der Waals surface area contributed by atoms with Gasteiger partial charge in [0, 0.05) is 22.9 Å². The molecule has 1 aromatic rings. The van der Waals surface area contributed by atoms with Crippen LogP contribution in [0.2, 0.25) is 5.02 Å². The van der Waals surface area contributed by atoms with Gasteiger partial charge in [-0.1, -0.05) is 11.6 Å². The summed E-state index contributed by atoms with van der Waals surface area (Å²) in [6.07, 6.45) is -0.368. The van der Waals surface area contributed by atoms with Crippen molar-refractivity contribution in [2.75, 3.05) is 23.5 Å². The summed E-state index contributed by atoms with van der Waals surface area (Å²) in [5, 5.41) is 27.7. The second-order valence-electron chi connectivity index (χ2n) is 6.37. The van der Waals surface area contributed by atoms with Crippen LogP contribution in [0.15, 0.2) is 24.3 Å². The Hall–Kier alpha value is -3.03. The molecule has 0 aliphatic carbocycles. The van der Waals surface area contributed by atoms with E-state index in [2.05, 4.69) is 21.3 Å². The van der Waals surface area contributed by atoms with Crippen LogP contribution in [-0.4, -0.2) is 70.3 Å². The van der Waals surface area contributed by atoms with E-state index < -0.39 is 48.4 Å². The van der Waals surface area contributed by atoms with E-state index in [-0.39, 0.29) is 24.5 Å². The van der Waals surface area contributed by atoms with Gasteiger partial charge in [-0.15, -0.1) is 11.8 Å². The third kappa shape index (κ3) is 11.4. The average molecular weight is 490 g/mol. The first-order valence-corrected chi connectivity index (χ1v) is 10.8. The van der Waals surface area contributed by atoms with E-state index >= 15 is 0 Å². The number of carboxylic acid groups (broad SMARTS) is 2. The fourth-order valence-electron chi connectivity index (χ4n) is 2.15. The highest BCUT2D eigenvalue weighted by molar-refractivity contribution is 7.99. The molecule has 0 aliphatic heterocycles. The largest absolute Gasteiger partial charge is 0.480 e. The van der Waals surface area contributed by atoms with Crippen molar-refractivity contribution < 1.29 is 34.2 Å². The first-order valence-electron chi connectivity index (χ1n) is 9.24. The van der Waals surface area contributed by atoms with Crippen LogP contribution >= 0.6 is 23.4 Å². The average Bonchev–Trinajstić information content (AvgIpc) is 2.73. The number of hydrogen-bond acceptors (Lipinski definition) is 7. The maximum Gasteiger partial charge on any atom is 0.322 e. The number of rotatable bonds is 13. The molecular formula is C18H24ClN5O7S. The molecule has 0 saturated heterocycles. The summed E-state index contributed by atoms with van der Waals surface area (Å²) >= 11 is 6.87. The molecular weight excluding hydrogens is 466 g/mol. The van der Waals surface area contributed by atoms with E-state index in [1.165, 1.54) is 0 Å². The van der Waals surface area contributed by atoms with E-state index in [1.54, 1.807) is 24.3 Å². The van der Waals surface area contributed by atoms with Crippen LogP contribution in [0.5, 0.6) is 0 Å². The summed E-state index contributed by atoms with van der Waals surface area (Å²) < 4.78 is 0. The molecule has 8 N–H and O–H groups in total. The van der Waals surface area contributed by atoms with Crippen LogP contribution in [0.1, 0.15) is 12.8 Å². The number of carbonyl (C=O) groups is 5. The van der Waals surface area contributed by atoms with E-state index in [9.17, 15) is 24.0 Å². The minimum absolute atomic E-state index is 0.0173. The first kappa shape index (κ1) is 27.0. The SMILES string of the molecule is N[C@@H](CCC(=O)N[C@H](CSCNC(=O)Nc1ccc(Cl)cc1)C(=O)NCC(=O)O)C(=O)O. The monoisotopic (exact) mass is 489 g/mol. The molecule has 0 fully saturated rings. The lowest BCUT2D eigenvalue weighted by Crippen LogP contribution is -2.49. The number of carboxylic acids is 2. The van der Waals surface area contributed by atoms with Crippen LogP contribution in [-0.2, 0) is 19.2 Å². The molecule has 0 radical (unpaired) electrons. The van der Waals surface area contributed by atoms with Crippen molar-refractivity contribution in [3.8, 4) is 0 Å². The number of halogens is 1. The van der Waals surface area contributed by atoms with Crippen LogP contribution in [0.25, 0.3) is 0 Å². The first-order chi connectivity index (χ1) is 15.1. The third-order valence-electron chi connectivity index (χ3n) is 3.79. The number of anilines is 1. The number of carbonyl (C=O) groups excluding carboxylic acids is 3. The molecule has 0 aromatic heterocycles. The van der Waals surface area contributed by atoms with Gasteiger partial charge in [-0.05, 0) is 30.7 Å². The van der Waals surface area contributed by atoms with Crippen molar-refractivity contribution in [1.29, 1.82) is 0 Å². The minimum Gasteiger partial charge on any atom is -0.480 e. The number of benzene rings is 1. The molecule has 1 rings (SSSR count). The van der Waals surface area contributed by atoms with Gasteiger partial charge in [0.2, 0.25) is 11.8 Å². The van der Waals surface area contributed by atoms with Gasteiger partial charge in [-0.3, -0.25) is 19.2 Å². The Balaban J connectivity index is 2.51. The standard InChI is InChI=1S/C18H24ClN5O7S/c19-10-1-3-11(4-2-10)23-18(31)22-9-32-8-13(16(28)21-7-15(26)27)24-14(25)6-5-12(20)17(29)30/h1-4,12-13H,5-9,20H2,(H,21,28)(H,24,25)(H,26,27)(H,29,30)(H2,22,23,31)/t12-,13+/m0/s1. The van der Waals surface area contributed by atoms with Crippen LogP contribution in [0, 0.1) is 0 Å². The number of thioether (sulfide) groups is 1. The molecule has 14 heteroatoms. The Morgan fingerprint density at radius 3 is 2.31 bits per heavy atom. The molecule has 4 amide bonds. The summed E-state index contributed by atoms with van der Waals surface area (Å²) in [6, 6.07) is 3.62. The Morgan fingerprint density at radius 1 is 1.06 bits per heavy atom. The fourth-order valence-corrected chi connectivity index (χ4v) is 3.09. The number of urea groups is 1. The molecule has 176 valence electrons. The van der Waals surface area contributed by atoms with E-state index in [0.717, 1.165) is 11.8 Å². The molecule has 0 bridgehead atoms. The van der Waals surface area contributed by atoms with Crippen molar-refractivity contribution in [2.24, 2.45) is 5.73 Å². The van der Waals surface area contributed by atoms with E-state index in [4.69, 9.17) is 27.5 Å². The quantitative estimate of drug-likeness (QED) is 0.147. The normalized spacial score (nSPS) is 12.2. The summed E-state index contributed by atoms with van der Waals surface area (Å²) in [6.45, 7) is -0.637. The third-order valence-corrected chi connectivity index (χ3v) is 4.96. The van der Waals surface area contributed by atoms with Crippen LogP contribution in [0.3, 0.4) is 0 Å². The van der Waals surface area contributed by atoms with Crippen LogP contribution in [0.4, 0.5) is 10.5 Å². The highest BCUT2D eigenvalue weighted by Crippen LogP contribution is 2.13. The fraction of sp³-hybridized carbons (Fsp3) is 0.389. The van der Waals surface area contributed by atoms with Crippen molar-refractivity contribution in [3.63, 3.8) is 0 Å². The van der Waals surface area contributed by atoms with Gasteiger partial charge in [0.25, 0.3) is 0 Å². The second-order valence-corrected chi connectivity index (χ2v) is 7.83. The summed E-state index contributed by atoms with van der Waals surface area (Å²) in [5.74, 6) is -3.77. The van der Waals surface area contributed by atoms with Gasteiger partial charge in [0.1, 0.15) is 18.6 Å². The zero-order valence-corrected chi connectivity index (χ0v) is 18.4. The van der Waals surface area contributed by atoms with Gasteiger partial charge >= 0.3 is 18.0 Å². The zero-order valence-electron chi connectivity index (χ0n) is 16.8. The number of aliphatic carboxylic acids is 2. The molecule has 0 saturated carbocycles. The molecule has 12 nitrogen and oxygen atoms in total. The highest BCUT2D eigenvalue weighted by Gasteiger charge is 2.22. The molecule has 32 heavy (non-hydrogen) atoms. The number of amides is 4. The maximum absolute atomic E-state index is 12.2. The molecule has 1 aromatic carbocycles. The lowest BCUT2D eigenvalue weighted by molar-refractivity contribution is -0.139. The molecule has 0 spiro atoms. The van der Waals surface area contributed by atoms with Crippen molar-refractivity contribution in [2.45, 2.75) is 24.9 Å². The predicted octanol–water partition coefficient (Wildman–Crippen LogP) is 0.0299. The minimum atomic E-state index is -1.26. The smallest absolute Gasteiger partial charge is 0.322 e. The zero-order chi connectivity index (χ0) is 24.1. The topological polar surface area (TPSA) is 200 Å². The Labute approximate surface area is 192 Å². The maximum atomic E-state index is 12.2. The Kier molecular flexibility index (Phi) is 11.9. The summed E-state index contributed by atoms with van der Waals surface area (Å²) in [5.41, 5.74) is 5.87. The summed E-state index contributed by atoms with van der Waals surface area (Å²) in [7, 11) is 0. The highest BCUT2D eigenvalue weighted by atomic mass is 35.5. The molecule has 2 atom stereocenters. The predicted molar refractivity (Wildman–Crippen MR) is 118 cm³/mol. The lowest BCUT2D eigenvalue weighted by Gasteiger charge is -2.18. The van der Waals surface area contributed by atoms with Gasteiger partial charge in [-0.25, -0.2) is 4.79 Å². The van der Waals surface area contributed by atoms with Crippen LogP contribution < -0.4 is 27.0 Å². The van der Waals surface area contributed by atoms with E-state index in [1.807, 2.05) is 0 Å². The number of nitrogens with two attached hydrogens (primary N) is 1.